The number of aromatic nitrogens is 2. The fraction of sp³-hybridized carbons (Fsp3) is 0.583. The van der Waals surface area contributed by atoms with Gasteiger partial charge in [-0.15, -0.1) is 0 Å². The molecule has 1 aromatic heterocycles. The van der Waals surface area contributed by atoms with E-state index in [2.05, 4.69) is 37.3 Å². The number of piperidine rings is 1. The van der Waals surface area contributed by atoms with Gasteiger partial charge >= 0.3 is 0 Å². The molecule has 0 saturated carbocycles. The summed E-state index contributed by atoms with van der Waals surface area (Å²) in [5, 5.41) is 4.72. The van der Waals surface area contributed by atoms with Crippen LogP contribution < -0.4 is 4.74 Å². The van der Waals surface area contributed by atoms with Crippen LogP contribution in [0.15, 0.2) is 24.3 Å². The van der Waals surface area contributed by atoms with Gasteiger partial charge in [0.05, 0.1) is 11.8 Å². The van der Waals surface area contributed by atoms with Crippen LogP contribution in [0.3, 0.4) is 0 Å². The molecule has 0 bridgehead atoms. The third-order valence-electron chi connectivity index (χ3n) is 5.71. The van der Waals surface area contributed by atoms with Crippen molar-refractivity contribution in [2.45, 2.75) is 73.1 Å². The minimum atomic E-state index is 0.0406. The molecule has 29 heavy (non-hydrogen) atoms. The van der Waals surface area contributed by atoms with Crippen LogP contribution in [-0.2, 0) is 6.54 Å². The van der Waals surface area contributed by atoms with Gasteiger partial charge < -0.3 is 4.74 Å². The van der Waals surface area contributed by atoms with Crippen molar-refractivity contribution >= 4 is 5.78 Å². The van der Waals surface area contributed by atoms with Crippen molar-refractivity contribution in [2.75, 3.05) is 13.1 Å². The van der Waals surface area contributed by atoms with Gasteiger partial charge in [-0.25, -0.2) is 0 Å². The molecule has 0 unspecified atom stereocenters. The van der Waals surface area contributed by atoms with E-state index in [1.165, 1.54) is 11.3 Å². The van der Waals surface area contributed by atoms with Gasteiger partial charge in [0.15, 0.2) is 5.78 Å². The second-order valence-electron chi connectivity index (χ2n) is 8.82. The van der Waals surface area contributed by atoms with Crippen molar-refractivity contribution in [3.63, 3.8) is 0 Å². The fourth-order valence-electron chi connectivity index (χ4n) is 4.30. The Hall–Kier alpha value is -2.14. The van der Waals surface area contributed by atoms with Gasteiger partial charge in [0.2, 0.25) is 0 Å². The first-order valence-corrected chi connectivity index (χ1v) is 10.8. The van der Waals surface area contributed by atoms with Crippen LogP contribution in [0.4, 0.5) is 0 Å². The molecule has 5 nitrogen and oxygen atoms in total. The van der Waals surface area contributed by atoms with Crippen LogP contribution in [0.1, 0.15) is 73.9 Å². The molecule has 1 aliphatic rings. The van der Waals surface area contributed by atoms with Crippen molar-refractivity contribution in [3.05, 3.63) is 46.8 Å². The Morgan fingerprint density at radius 2 is 2.00 bits per heavy atom. The molecule has 2 aromatic rings. The third kappa shape index (κ3) is 5.08. The minimum absolute atomic E-state index is 0.0406. The normalized spacial score (nSPS) is 17.9. The average Bonchev–Trinajstić information content (AvgIpc) is 2.96. The molecule has 0 amide bonds. The quantitative estimate of drug-likeness (QED) is 0.619. The van der Waals surface area contributed by atoms with Crippen LogP contribution in [0, 0.1) is 19.8 Å². The van der Waals surface area contributed by atoms with Crippen molar-refractivity contribution < 1.29 is 9.53 Å². The first-order valence-electron chi connectivity index (χ1n) is 10.8. The van der Waals surface area contributed by atoms with Gasteiger partial charge in [-0.1, -0.05) is 12.1 Å². The molecule has 1 aromatic carbocycles. The van der Waals surface area contributed by atoms with E-state index in [9.17, 15) is 4.79 Å². The average molecular weight is 398 g/mol. The molecular weight excluding hydrogens is 362 g/mol. The Bertz CT molecular complexity index is 854. The third-order valence-corrected chi connectivity index (χ3v) is 5.71. The summed E-state index contributed by atoms with van der Waals surface area (Å²) in [5.41, 5.74) is 4.40. The Morgan fingerprint density at radius 3 is 2.66 bits per heavy atom. The molecule has 0 aliphatic carbocycles. The molecular formula is C24H35N3O2. The highest BCUT2D eigenvalue weighted by molar-refractivity contribution is 5.98. The van der Waals surface area contributed by atoms with Crippen molar-refractivity contribution in [1.29, 1.82) is 0 Å². The van der Waals surface area contributed by atoms with E-state index in [1.54, 1.807) is 0 Å². The first kappa shape index (κ1) is 21.6. The SMILES string of the molecule is Cc1nn(C(C)C)c(C)c1CN1CCC[C@H](C(=O)c2cccc(OC(C)C)c2)C1. The lowest BCUT2D eigenvalue weighted by atomic mass is 9.89. The van der Waals surface area contributed by atoms with Gasteiger partial charge in [-0.3, -0.25) is 14.4 Å². The number of ether oxygens (including phenoxy) is 1. The summed E-state index contributed by atoms with van der Waals surface area (Å²) in [6, 6.07) is 8.00. The summed E-state index contributed by atoms with van der Waals surface area (Å²) in [5.74, 6) is 1.04. The maximum Gasteiger partial charge on any atom is 0.167 e. The lowest BCUT2D eigenvalue weighted by molar-refractivity contribution is 0.0810. The number of rotatable bonds is 7. The highest BCUT2D eigenvalue weighted by atomic mass is 16.5. The molecule has 5 heteroatoms. The number of ketones is 1. The largest absolute Gasteiger partial charge is 0.491 e. The lowest BCUT2D eigenvalue weighted by Crippen LogP contribution is -2.38. The van der Waals surface area contributed by atoms with E-state index >= 15 is 0 Å². The zero-order chi connectivity index (χ0) is 21.1. The van der Waals surface area contributed by atoms with Crippen LogP contribution in [0.2, 0.25) is 0 Å². The number of carbonyl (C=O) groups excluding carboxylic acids is 1. The lowest BCUT2D eigenvalue weighted by Gasteiger charge is -2.32. The molecule has 0 radical (unpaired) electrons. The smallest absolute Gasteiger partial charge is 0.167 e. The highest BCUT2D eigenvalue weighted by Crippen LogP contribution is 2.26. The second kappa shape index (κ2) is 9.12. The Morgan fingerprint density at radius 1 is 1.24 bits per heavy atom. The number of hydrogen-bond acceptors (Lipinski definition) is 4. The summed E-state index contributed by atoms with van der Waals surface area (Å²) in [7, 11) is 0. The summed E-state index contributed by atoms with van der Waals surface area (Å²) in [4.78, 5) is 15.6. The Kier molecular flexibility index (Phi) is 6.78. The molecule has 2 heterocycles. The minimum Gasteiger partial charge on any atom is -0.491 e. The van der Waals surface area contributed by atoms with E-state index in [-0.39, 0.29) is 17.8 Å². The van der Waals surface area contributed by atoms with E-state index in [1.807, 2.05) is 38.1 Å². The van der Waals surface area contributed by atoms with Gasteiger partial charge in [0.1, 0.15) is 5.75 Å². The molecule has 158 valence electrons. The van der Waals surface area contributed by atoms with Gasteiger partial charge in [0, 0.05) is 41.9 Å². The molecule has 1 atom stereocenters. The van der Waals surface area contributed by atoms with Crippen LogP contribution in [-0.4, -0.2) is 39.7 Å². The standard InChI is InChI=1S/C24H35N3O2/c1-16(2)27-19(6)23(18(5)25-27)15-26-12-8-10-21(14-26)24(28)20-9-7-11-22(13-20)29-17(3)4/h7,9,11,13,16-17,21H,8,10,12,14-15H2,1-6H3/t21-/m0/s1. The number of nitrogens with zero attached hydrogens (tertiary/aromatic N) is 3. The zero-order valence-corrected chi connectivity index (χ0v) is 18.7. The van der Waals surface area contributed by atoms with E-state index < -0.39 is 0 Å². The molecule has 1 aliphatic heterocycles. The van der Waals surface area contributed by atoms with Gasteiger partial charge in [-0.05, 0) is 73.1 Å². The van der Waals surface area contributed by atoms with E-state index in [0.717, 1.165) is 49.5 Å². The number of aryl methyl sites for hydroxylation is 1. The summed E-state index contributed by atoms with van der Waals surface area (Å²) in [6.07, 6.45) is 2.10. The van der Waals surface area contributed by atoms with Crippen molar-refractivity contribution in [1.82, 2.24) is 14.7 Å². The second-order valence-corrected chi connectivity index (χ2v) is 8.82. The summed E-state index contributed by atoms with van der Waals surface area (Å²) in [6.45, 7) is 15.3. The number of carbonyl (C=O) groups is 1. The predicted molar refractivity (Wildman–Crippen MR) is 117 cm³/mol. The summed E-state index contributed by atoms with van der Waals surface area (Å²) >= 11 is 0. The van der Waals surface area contributed by atoms with Crippen molar-refractivity contribution in [2.24, 2.45) is 5.92 Å². The molecule has 1 fully saturated rings. The van der Waals surface area contributed by atoms with Gasteiger partial charge in [0.25, 0.3) is 0 Å². The van der Waals surface area contributed by atoms with Crippen LogP contribution in [0.5, 0.6) is 5.75 Å². The topological polar surface area (TPSA) is 47.4 Å². The first-order chi connectivity index (χ1) is 13.8. The Balaban J connectivity index is 1.70. The molecule has 3 rings (SSSR count). The fourth-order valence-corrected chi connectivity index (χ4v) is 4.30. The monoisotopic (exact) mass is 397 g/mol. The number of benzene rings is 1. The summed E-state index contributed by atoms with van der Waals surface area (Å²) < 4.78 is 7.88. The van der Waals surface area contributed by atoms with Crippen LogP contribution >= 0.6 is 0 Å². The van der Waals surface area contributed by atoms with Crippen molar-refractivity contribution in [3.8, 4) is 5.75 Å². The van der Waals surface area contributed by atoms with E-state index in [4.69, 9.17) is 9.84 Å². The number of likely N-dealkylation sites (tertiary alicyclic amines) is 1. The predicted octanol–water partition coefficient (Wildman–Crippen LogP) is 4.96. The molecule has 0 spiro atoms. The van der Waals surface area contributed by atoms with Gasteiger partial charge in [-0.2, -0.15) is 5.10 Å². The van der Waals surface area contributed by atoms with Crippen LogP contribution in [0.25, 0.3) is 0 Å². The number of hydrogen-bond donors (Lipinski definition) is 0. The zero-order valence-electron chi connectivity index (χ0n) is 18.7. The highest BCUT2D eigenvalue weighted by Gasteiger charge is 2.28. The maximum atomic E-state index is 13.2. The molecule has 1 saturated heterocycles. The van der Waals surface area contributed by atoms with E-state index in [0.29, 0.717) is 6.04 Å². The number of Topliss-reactive ketones (excluding diaryl/α,β-unsaturated/α-hetero) is 1. The Labute approximate surface area is 175 Å². The maximum absolute atomic E-state index is 13.2. The molecule has 0 N–H and O–H groups in total.